The van der Waals surface area contributed by atoms with Gasteiger partial charge in [0, 0.05) is 23.4 Å². The van der Waals surface area contributed by atoms with Gasteiger partial charge in [0.05, 0.1) is 15.1 Å². The molecule has 0 aliphatic heterocycles. The Morgan fingerprint density at radius 2 is 1.83 bits per heavy atom. The maximum atomic E-state index is 12.1. The largest absolute Gasteiger partial charge is 0.484 e. The van der Waals surface area contributed by atoms with Crippen LogP contribution in [0.15, 0.2) is 66.7 Å². The van der Waals surface area contributed by atoms with Gasteiger partial charge in [-0.15, -0.1) is 11.3 Å². The highest BCUT2D eigenvalue weighted by atomic mass is 32.1. The summed E-state index contributed by atoms with van der Waals surface area (Å²) in [4.78, 5) is 26.9. The molecule has 1 N–H and O–H groups in total. The van der Waals surface area contributed by atoms with Gasteiger partial charge in [0.25, 0.3) is 11.6 Å². The Balaban J connectivity index is 1.36. The molecule has 0 radical (unpaired) electrons. The van der Waals surface area contributed by atoms with Crippen LogP contribution in [0.2, 0.25) is 0 Å². The number of amides is 1. The number of rotatable bonds is 6. The Hall–Kier alpha value is -3.78. The van der Waals surface area contributed by atoms with Crippen LogP contribution >= 0.6 is 11.3 Å². The van der Waals surface area contributed by atoms with E-state index in [9.17, 15) is 14.9 Å². The second kappa shape index (κ2) is 8.30. The molecule has 1 aromatic heterocycles. The Morgan fingerprint density at radius 3 is 2.53 bits per heavy atom. The molecule has 4 aromatic rings. The summed E-state index contributed by atoms with van der Waals surface area (Å²) < 4.78 is 6.51. The number of nitro groups is 1. The molecule has 0 unspecified atom stereocenters. The summed E-state index contributed by atoms with van der Waals surface area (Å²) >= 11 is 1.63. The number of benzene rings is 3. The highest BCUT2D eigenvalue weighted by Gasteiger charge is 2.09. The van der Waals surface area contributed by atoms with Crippen molar-refractivity contribution in [3.05, 3.63) is 82.4 Å². The van der Waals surface area contributed by atoms with Gasteiger partial charge in [-0.05, 0) is 61.0 Å². The first kappa shape index (κ1) is 19.5. The molecule has 150 valence electrons. The average molecular weight is 419 g/mol. The normalized spacial score (nSPS) is 10.7. The highest BCUT2D eigenvalue weighted by molar-refractivity contribution is 7.21. The van der Waals surface area contributed by atoms with Crippen LogP contribution in [0, 0.1) is 17.0 Å². The molecule has 0 aliphatic carbocycles. The quantitative estimate of drug-likeness (QED) is 0.342. The molecular weight excluding hydrogens is 402 g/mol. The maximum Gasteiger partial charge on any atom is 0.269 e. The number of nitrogens with zero attached hydrogens (tertiary/aromatic N) is 2. The van der Waals surface area contributed by atoms with Crippen molar-refractivity contribution in [3.63, 3.8) is 0 Å². The predicted molar refractivity (Wildman–Crippen MR) is 117 cm³/mol. The van der Waals surface area contributed by atoms with E-state index in [0.29, 0.717) is 11.4 Å². The van der Waals surface area contributed by atoms with E-state index < -0.39 is 4.92 Å². The number of hydrogen-bond acceptors (Lipinski definition) is 6. The lowest BCUT2D eigenvalue weighted by molar-refractivity contribution is -0.384. The average Bonchev–Trinajstić information content (AvgIpc) is 3.16. The number of hydrogen-bond donors (Lipinski definition) is 1. The van der Waals surface area contributed by atoms with Crippen molar-refractivity contribution < 1.29 is 14.5 Å². The summed E-state index contributed by atoms with van der Waals surface area (Å²) in [6.45, 7) is 1.86. The molecule has 0 saturated heterocycles. The molecule has 3 aromatic carbocycles. The number of aryl methyl sites for hydroxylation is 1. The van der Waals surface area contributed by atoms with Crippen LogP contribution in [-0.2, 0) is 4.79 Å². The SMILES string of the molecule is Cc1ccc2nc(-c3ccc(NC(=O)COc4ccc([N+](=O)[O-])cc4)cc3)sc2c1. The van der Waals surface area contributed by atoms with E-state index in [1.54, 1.807) is 11.3 Å². The van der Waals surface area contributed by atoms with Crippen LogP contribution in [-0.4, -0.2) is 22.4 Å². The van der Waals surface area contributed by atoms with Gasteiger partial charge in [0.2, 0.25) is 0 Å². The molecule has 8 heteroatoms. The standard InChI is InChI=1S/C22H17N3O4S/c1-14-2-11-19-20(12-14)30-22(24-19)15-3-5-16(6-4-15)23-21(26)13-29-18-9-7-17(8-10-18)25(27)28/h2-12H,13H2,1H3,(H,23,26). The lowest BCUT2D eigenvalue weighted by atomic mass is 10.2. The molecule has 0 atom stereocenters. The van der Waals surface area contributed by atoms with Gasteiger partial charge in [0.15, 0.2) is 6.61 Å². The first-order chi connectivity index (χ1) is 14.5. The van der Waals surface area contributed by atoms with Crippen molar-refractivity contribution >= 4 is 38.8 Å². The summed E-state index contributed by atoms with van der Waals surface area (Å²) in [7, 11) is 0. The minimum absolute atomic E-state index is 0.0323. The van der Waals surface area contributed by atoms with Crippen molar-refractivity contribution in [3.8, 4) is 16.3 Å². The number of nitro benzene ring substituents is 1. The van der Waals surface area contributed by atoms with Crippen LogP contribution in [0.1, 0.15) is 5.56 Å². The van der Waals surface area contributed by atoms with E-state index >= 15 is 0 Å². The molecule has 0 bridgehead atoms. The number of thiazole rings is 1. The third-order valence-electron chi connectivity index (χ3n) is 4.38. The highest BCUT2D eigenvalue weighted by Crippen LogP contribution is 2.31. The van der Waals surface area contributed by atoms with E-state index in [-0.39, 0.29) is 18.2 Å². The van der Waals surface area contributed by atoms with Crippen LogP contribution in [0.4, 0.5) is 11.4 Å². The molecule has 0 fully saturated rings. The van der Waals surface area contributed by atoms with Crippen LogP contribution in [0.25, 0.3) is 20.8 Å². The Kier molecular flexibility index (Phi) is 5.40. The zero-order valence-electron chi connectivity index (χ0n) is 16.0. The van der Waals surface area contributed by atoms with Crippen LogP contribution in [0.3, 0.4) is 0 Å². The molecule has 0 aliphatic rings. The fourth-order valence-corrected chi connectivity index (χ4v) is 3.93. The lowest BCUT2D eigenvalue weighted by Gasteiger charge is -2.08. The molecule has 7 nitrogen and oxygen atoms in total. The molecule has 1 heterocycles. The Bertz CT molecular complexity index is 1220. The summed E-state index contributed by atoms with van der Waals surface area (Å²) in [5, 5.41) is 14.3. The zero-order chi connectivity index (χ0) is 21.1. The van der Waals surface area contributed by atoms with Gasteiger partial charge in [-0.25, -0.2) is 4.98 Å². The fourth-order valence-electron chi connectivity index (χ4n) is 2.86. The zero-order valence-corrected chi connectivity index (χ0v) is 16.8. The smallest absolute Gasteiger partial charge is 0.269 e. The van der Waals surface area contributed by atoms with E-state index in [1.807, 2.05) is 36.4 Å². The number of carbonyl (C=O) groups excluding carboxylic acids is 1. The van der Waals surface area contributed by atoms with Gasteiger partial charge in [-0.3, -0.25) is 14.9 Å². The summed E-state index contributed by atoms with van der Waals surface area (Å²) in [5.74, 6) is 0.0636. The number of anilines is 1. The van der Waals surface area contributed by atoms with Crippen molar-refractivity contribution in [2.75, 3.05) is 11.9 Å². The Morgan fingerprint density at radius 1 is 1.10 bits per heavy atom. The third-order valence-corrected chi connectivity index (χ3v) is 5.44. The summed E-state index contributed by atoms with van der Waals surface area (Å²) in [5.41, 5.74) is 3.77. The van der Waals surface area contributed by atoms with Gasteiger partial charge < -0.3 is 10.1 Å². The van der Waals surface area contributed by atoms with Crippen molar-refractivity contribution in [1.82, 2.24) is 4.98 Å². The third kappa shape index (κ3) is 4.44. The molecule has 30 heavy (non-hydrogen) atoms. The van der Waals surface area contributed by atoms with E-state index in [4.69, 9.17) is 4.74 Å². The topological polar surface area (TPSA) is 94.4 Å². The number of fused-ring (bicyclic) bond motifs is 1. The lowest BCUT2D eigenvalue weighted by Crippen LogP contribution is -2.20. The van der Waals surface area contributed by atoms with Crippen molar-refractivity contribution in [2.45, 2.75) is 6.92 Å². The minimum Gasteiger partial charge on any atom is -0.484 e. The van der Waals surface area contributed by atoms with Crippen LogP contribution < -0.4 is 10.1 Å². The molecule has 0 spiro atoms. The molecular formula is C22H17N3O4S. The summed E-state index contributed by atoms with van der Waals surface area (Å²) in [6.07, 6.45) is 0. The fraction of sp³-hybridized carbons (Fsp3) is 0.0909. The molecule has 4 rings (SSSR count). The minimum atomic E-state index is -0.491. The van der Waals surface area contributed by atoms with Gasteiger partial charge in [-0.2, -0.15) is 0 Å². The van der Waals surface area contributed by atoms with E-state index in [1.165, 1.54) is 29.8 Å². The second-order valence-corrected chi connectivity index (χ2v) is 7.69. The maximum absolute atomic E-state index is 12.1. The van der Waals surface area contributed by atoms with Crippen LogP contribution in [0.5, 0.6) is 5.75 Å². The number of nitrogens with one attached hydrogen (secondary N) is 1. The van der Waals surface area contributed by atoms with E-state index in [2.05, 4.69) is 23.3 Å². The molecule has 0 saturated carbocycles. The molecule has 1 amide bonds. The second-order valence-electron chi connectivity index (χ2n) is 6.66. The first-order valence-electron chi connectivity index (χ1n) is 9.13. The van der Waals surface area contributed by atoms with E-state index in [0.717, 1.165) is 20.8 Å². The van der Waals surface area contributed by atoms with Crippen molar-refractivity contribution in [1.29, 1.82) is 0 Å². The van der Waals surface area contributed by atoms with Gasteiger partial charge in [-0.1, -0.05) is 6.07 Å². The monoisotopic (exact) mass is 419 g/mol. The summed E-state index contributed by atoms with van der Waals surface area (Å²) in [6, 6.07) is 19.2. The first-order valence-corrected chi connectivity index (χ1v) is 9.94. The van der Waals surface area contributed by atoms with Gasteiger partial charge >= 0.3 is 0 Å². The predicted octanol–water partition coefficient (Wildman–Crippen LogP) is 5.20. The van der Waals surface area contributed by atoms with Crippen molar-refractivity contribution in [2.24, 2.45) is 0 Å². The number of non-ortho nitro benzene ring substituents is 1. The number of carbonyl (C=O) groups is 1. The number of ether oxygens (including phenoxy) is 1. The van der Waals surface area contributed by atoms with Gasteiger partial charge in [0.1, 0.15) is 10.8 Å². The Labute approximate surface area is 176 Å². The number of aromatic nitrogens is 1.